The Hall–Kier alpha value is -0.610. The molecule has 0 aliphatic heterocycles. The lowest BCUT2D eigenvalue weighted by Gasteiger charge is -2.13. The summed E-state index contributed by atoms with van der Waals surface area (Å²) >= 11 is 7.24. The second kappa shape index (κ2) is 5.64. The summed E-state index contributed by atoms with van der Waals surface area (Å²) in [5.41, 5.74) is 0.0315. The van der Waals surface area contributed by atoms with Gasteiger partial charge in [-0.05, 0) is 30.9 Å². The van der Waals surface area contributed by atoms with E-state index in [9.17, 15) is 13.6 Å². The van der Waals surface area contributed by atoms with Crippen LogP contribution >= 0.6 is 23.4 Å². The number of hydrogen-bond acceptors (Lipinski definition) is 2. The van der Waals surface area contributed by atoms with Crippen molar-refractivity contribution in [2.24, 2.45) is 0 Å². The van der Waals surface area contributed by atoms with Crippen LogP contribution < -0.4 is 0 Å². The van der Waals surface area contributed by atoms with Crippen LogP contribution in [0.4, 0.5) is 8.78 Å². The molecule has 1 rings (SSSR count). The lowest BCUT2D eigenvalue weighted by atomic mass is 10.0. The maximum absolute atomic E-state index is 12.7. The zero-order valence-corrected chi connectivity index (χ0v) is 10.4. The number of halogens is 3. The quantitative estimate of drug-likeness (QED) is 0.598. The van der Waals surface area contributed by atoms with Gasteiger partial charge in [0.1, 0.15) is 5.38 Å². The molecule has 1 nitrogen and oxygen atoms in total. The molecule has 1 unspecified atom stereocenters. The van der Waals surface area contributed by atoms with E-state index in [2.05, 4.69) is 0 Å². The first-order valence-corrected chi connectivity index (χ1v) is 6.24. The smallest absolute Gasteiger partial charge is 0.264 e. The van der Waals surface area contributed by atoms with Crippen molar-refractivity contribution in [1.29, 1.82) is 0 Å². The van der Waals surface area contributed by atoms with Crippen LogP contribution in [0.15, 0.2) is 23.1 Å². The molecule has 0 aromatic heterocycles. The van der Waals surface area contributed by atoms with Gasteiger partial charge in [-0.25, -0.2) is 8.78 Å². The van der Waals surface area contributed by atoms with Gasteiger partial charge in [0.25, 0.3) is 6.43 Å². The third kappa shape index (κ3) is 2.95. The largest absolute Gasteiger partial charge is 0.298 e. The average molecular weight is 265 g/mol. The molecule has 0 amide bonds. The highest BCUT2D eigenvalue weighted by Crippen LogP contribution is 2.34. The lowest BCUT2D eigenvalue weighted by molar-refractivity contribution is -0.116. The minimum atomic E-state index is -2.62. The molecule has 0 N–H and O–H groups in total. The van der Waals surface area contributed by atoms with E-state index < -0.39 is 11.8 Å². The summed E-state index contributed by atoms with van der Waals surface area (Å²) in [5.74, 6) is -0.332. The predicted molar refractivity (Wildman–Crippen MR) is 62.5 cm³/mol. The van der Waals surface area contributed by atoms with Gasteiger partial charge < -0.3 is 0 Å². The lowest BCUT2D eigenvalue weighted by Crippen LogP contribution is -2.05. The maximum atomic E-state index is 12.7. The molecule has 1 atom stereocenters. The molecule has 0 spiro atoms. The molecular formula is C11H11ClF2OS. The Labute approximate surface area is 102 Å². The number of carbonyl (C=O) groups is 1. The predicted octanol–water partition coefficient (Wildman–Crippen LogP) is 4.22. The van der Waals surface area contributed by atoms with E-state index in [0.29, 0.717) is 0 Å². The van der Waals surface area contributed by atoms with Crippen molar-refractivity contribution in [1.82, 2.24) is 0 Å². The van der Waals surface area contributed by atoms with Crippen LogP contribution in [0.3, 0.4) is 0 Å². The van der Waals surface area contributed by atoms with Gasteiger partial charge in [0.2, 0.25) is 0 Å². The number of thioether (sulfide) groups is 1. The summed E-state index contributed by atoms with van der Waals surface area (Å²) in [6, 6.07) is 4.47. The zero-order valence-electron chi connectivity index (χ0n) is 8.84. The molecule has 0 saturated heterocycles. The number of ketones is 1. The van der Waals surface area contributed by atoms with Crippen molar-refractivity contribution in [2.75, 3.05) is 6.26 Å². The second-order valence-corrected chi connectivity index (χ2v) is 4.58. The number of hydrogen-bond donors (Lipinski definition) is 0. The molecule has 16 heavy (non-hydrogen) atoms. The number of benzene rings is 1. The maximum Gasteiger partial charge on any atom is 0.264 e. The van der Waals surface area contributed by atoms with Crippen molar-refractivity contribution < 1.29 is 13.6 Å². The van der Waals surface area contributed by atoms with E-state index >= 15 is 0 Å². The van der Waals surface area contributed by atoms with Crippen molar-refractivity contribution in [3.63, 3.8) is 0 Å². The van der Waals surface area contributed by atoms with Crippen molar-refractivity contribution in [3.05, 3.63) is 29.3 Å². The Balaban J connectivity index is 3.25. The van der Waals surface area contributed by atoms with Gasteiger partial charge in [-0.15, -0.1) is 23.4 Å². The van der Waals surface area contributed by atoms with Crippen LogP contribution in [0.1, 0.15) is 29.9 Å². The summed E-state index contributed by atoms with van der Waals surface area (Å²) in [5, 5.41) is -1.00. The topological polar surface area (TPSA) is 17.1 Å². The highest BCUT2D eigenvalue weighted by atomic mass is 35.5. The van der Waals surface area contributed by atoms with E-state index in [1.807, 2.05) is 6.26 Å². The Morgan fingerprint density at radius 2 is 2.00 bits per heavy atom. The summed E-state index contributed by atoms with van der Waals surface area (Å²) in [6.45, 7) is 1.29. The third-order valence-corrected chi connectivity index (χ3v) is 3.43. The van der Waals surface area contributed by atoms with Crippen LogP contribution in [0.2, 0.25) is 0 Å². The van der Waals surface area contributed by atoms with E-state index in [-0.39, 0.29) is 16.9 Å². The number of alkyl halides is 3. The molecule has 0 aliphatic carbocycles. The zero-order chi connectivity index (χ0) is 12.3. The van der Waals surface area contributed by atoms with Gasteiger partial charge in [0, 0.05) is 10.5 Å². The van der Waals surface area contributed by atoms with Gasteiger partial charge in [-0.1, -0.05) is 6.07 Å². The van der Waals surface area contributed by atoms with Crippen LogP contribution in [-0.2, 0) is 4.79 Å². The highest BCUT2D eigenvalue weighted by Gasteiger charge is 2.22. The summed E-state index contributed by atoms with van der Waals surface area (Å²) < 4.78 is 25.4. The molecule has 5 heteroatoms. The molecule has 0 bridgehead atoms. The van der Waals surface area contributed by atoms with Gasteiger partial charge in [-0.2, -0.15) is 0 Å². The Bertz CT molecular complexity index is 396. The molecule has 0 aliphatic rings. The Morgan fingerprint density at radius 1 is 1.38 bits per heavy atom. The summed E-state index contributed by atoms with van der Waals surface area (Å²) in [4.78, 5) is 11.9. The molecule has 0 fully saturated rings. The normalized spacial score (nSPS) is 12.9. The average Bonchev–Trinajstić information content (AvgIpc) is 2.26. The van der Waals surface area contributed by atoms with Crippen LogP contribution in [0.25, 0.3) is 0 Å². The first-order valence-electron chi connectivity index (χ1n) is 4.58. The van der Waals surface area contributed by atoms with Gasteiger partial charge in [-0.3, -0.25) is 4.79 Å². The summed E-state index contributed by atoms with van der Waals surface area (Å²) in [6.07, 6.45) is -0.787. The third-order valence-electron chi connectivity index (χ3n) is 2.16. The van der Waals surface area contributed by atoms with Crippen molar-refractivity contribution >= 4 is 29.1 Å². The standard InChI is InChI=1S/C11H11ClF2OS/c1-6(15)10(12)9-5-7(16-2)3-4-8(9)11(13)14/h3-5,10-11H,1-2H3. The van der Waals surface area contributed by atoms with Crippen molar-refractivity contribution in [3.8, 4) is 0 Å². The SMILES string of the molecule is CSc1ccc(C(F)F)c(C(Cl)C(C)=O)c1. The minimum Gasteiger partial charge on any atom is -0.298 e. The van der Waals surface area contributed by atoms with Gasteiger partial charge >= 0.3 is 0 Å². The summed E-state index contributed by atoms with van der Waals surface area (Å²) in [7, 11) is 0. The van der Waals surface area contributed by atoms with E-state index in [1.165, 1.54) is 24.8 Å². The molecule has 0 saturated carbocycles. The number of carbonyl (C=O) groups excluding carboxylic acids is 1. The van der Waals surface area contributed by atoms with Crippen molar-refractivity contribution in [2.45, 2.75) is 23.6 Å². The van der Waals surface area contributed by atoms with E-state index in [0.717, 1.165) is 4.90 Å². The second-order valence-electron chi connectivity index (χ2n) is 3.27. The fourth-order valence-corrected chi connectivity index (χ4v) is 1.95. The molecule has 0 heterocycles. The first-order chi connectivity index (χ1) is 7.47. The first kappa shape index (κ1) is 13.5. The fraction of sp³-hybridized carbons (Fsp3) is 0.364. The highest BCUT2D eigenvalue weighted by molar-refractivity contribution is 7.98. The molecule has 1 aromatic carbocycles. The van der Waals surface area contributed by atoms with E-state index in [1.54, 1.807) is 12.1 Å². The molecule has 1 aromatic rings. The molecule has 88 valence electrons. The van der Waals surface area contributed by atoms with Crippen LogP contribution in [0, 0.1) is 0 Å². The molecule has 0 radical (unpaired) electrons. The van der Waals surface area contributed by atoms with E-state index in [4.69, 9.17) is 11.6 Å². The minimum absolute atomic E-state index is 0.173. The molecular weight excluding hydrogens is 254 g/mol. The Morgan fingerprint density at radius 3 is 2.44 bits per heavy atom. The number of rotatable bonds is 4. The van der Waals surface area contributed by atoms with Crippen LogP contribution in [0.5, 0.6) is 0 Å². The van der Waals surface area contributed by atoms with Gasteiger partial charge in [0.15, 0.2) is 5.78 Å². The van der Waals surface area contributed by atoms with Gasteiger partial charge in [0.05, 0.1) is 0 Å². The fourth-order valence-electron chi connectivity index (χ4n) is 1.32. The monoisotopic (exact) mass is 264 g/mol. The van der Waals surface area contributed by atoms with Crippen LogP contribution in [-0.4, -0.2) is 12.0 Å². The number of Topliss-reactive ketones (excluding diaryl/α,β-unsaturated/α-hetero) is 1. The Kier molecular flexibility index (Phi) is 4.74.